The minimum Gasteiger partial charge on any atom is -0.395 e. The number of aromatic nitrogens is 4. The summed E-state index contributed by atoms with van der Waals surface area (Å²) in [7, 11) is 0. The molecule has 2 aromatic heterocycles. The Morgan fingerprint density at radius 1 is 1.25 bits per heavy atom. The van der Waals surface area contributed by atoms with Crippen LogP contribution in [0, 0.1) is 0 Å². The highest BCUT2D eigenvalue weighted by Crippen LogP contribution is 2.16. The van der Waals surface area contributed by atoms with E-state index in [0.29, 0.717) is 29.5 Å². The summed E-state index contributed by atoms with van der Waals surface area (Å²) in [5.74, 6) is 0.664. The quantitative estimate of drug-likeness (QED) is 0.650. The molecule has 0 fully saturated rings. The zero-order valence-corrected chi connectivity index (χ0v) is 11.6. The van der Waals surface area contributed by atoms with Crippen LogP contribution in [-0.2, 0) is 6.42 Å². The number of hydrogen-bond donors (Lipinski definition) is 3. The van der Waals surface area contributed by atoms with Gasteiger partial charge in [-0.3, -0.25) is 0 Å². The van der Waals surface area contributed by atoms with Gasteiger partial charge in [-0.15, -0.1) is 0 Å². The molecule has 2 heterocycles. The largest absolute Gasteiger partial charge is 0.395 e. The van der Waals surface area contributed by atoms with E-state index in [9.17, 15) is 0 Å². The fourth-order valence-corrected chi connectivity index (χ4v) is 1.89. The van der Waals surface area contributed by atoms with Crippen LogP contribution in [0.3, 0.4) is 0 Å². The Morgan fingerprint density at radius 2 is 2.10 bits per heavy atom. The number of nitrogens with zero attached hydrogens (tertiary/aromatic N) is 4. The molecule has 108 valence electrons. The third-order valence-electron chi connectivity index (χ3n) is 2.92. The molecule has 0 atom stereocenters. The molecular weight excluding hydrogens is 256 g/mol. The molecule has 2 aromatic rings. The topological polar surface area (TPSA) is 110 Å². The summed E-state index contributed by atoms with van der Waals surface area (Å²) in [4.78, 5) is 17.1. The smallest absolute Gasteiger partial charge is 0.226 e. The number of hydrogen-bond acceptors (Lipinski definition) is 7. The zero-order chi connectivity index (χ0) is 14.4. The first-order valence-corrected chi connectivity index (χ1v) is 6.88. The van der Waals surface area contributed by atoms with Gasteiger partial charge in [0, 0.05) is 6.54 Å². The van der Waals surface area contributed by atoms with Crippen LogP contribution in [0.25, 0.3) is 11.2 Å². The van der Waals surface area contributed by atoms with E-state index in [1.165, 1.54) is 12.8 Å². The lowest BCUT2D eigenvalue weighted by Gasteiger charge is -2.07. The van der Waals surface area contributed by atoms with Gasteiger partial charge >= 0.3 is 0 Å². The molecule has 2 rings (SSSR count). The van der Waals surface area contributed by atoms with Crippen LogP contribution in [0.4, 0.5) is 11.8 Å². The van der Waals surface area contributed by atoms with E-state index in [1.807, 2.05) is 0 Å². The monoisotopic (exact) mass is 276 g/mol. The van der Waals surface area contributed by atoms with Gasteiger partial charge in [-0.05, 0) is 12.8 Å². The van der Waals surface area contributed by atoms with Gasteiger partial charge in [-0.2, -0.15) is 9.97 Å². The van der Waals surface area contributed by atoms with Crippen LogP contribution < -0.4 is 11.1 Å². The number of rotatable bonds is 7. The van der Waals surface area contributed by atoms with Gasteiger partial charge in [-0.1, -0.05) is 19.8 Å². The molecule has 0 aliphatic heterocycles. The van der Waals surface area contributed by atoms with Gasteiger partial charge in [0.25, 0.3) is 0 Å². The Morgan fingerprint density at radius 3 is 2.85 bits per heavy atom. The predicted molar refractivity (Wildman–Crippen MR) is 78.3 cm³/mol. The molecule has 0 aromatic carbocycles. The average molecular weight is 276 g/mol. The fraction of sp³-hybridized carbons (Fsp3) is 0.538. The number of aliphatic hydroxyl groups excluding tert-OH is 1. The molecule has 0 amide bonds. The van der Waals surface area contributed by atoms with E-state index >= 15 is 0 Å². The SMILES string of the molecule is CCCCCc1cnc2nc(NCCO)nc(N)c2n1. The number of nitrogens with one attached hydrogen (secondary N) is 1. The molecule has 0 unspecified atom stereocenters. The molecule has 4 N–H and O–H groups in total. The first kappa shape index (κ1) is 14.4. The molecule has 0 aliphatic rings. The number of unbranched alkanes of at least 4 members (excludes halogenated alkanes) is 2. The third kappa shape index (κ3) is 3.51. The lowest BCUT2D eigenvalue weighted by Crippen LogP contribution is -2.11. The predicted octanol–water partition coefficient (Wildman–Crippen LogP) is 1.14. The van der Waals surface area contributed by atoms with Gasteiger partial charge in [0.2, 0.25) is 5.95 Å². The lowest BCUT2D eigenvalue weighted by molar-refractivity contribution is 0.311. The molecule has 7 nitrogen and oxygen atoms in total. The summed E-state index contributed by atoms with van der Waals surface area (Å²) >= 11 is 0. The summed E-state index contributed by atoms with van der Waals surface area (Å²) in [6.07, 6.45) is 6.07. The second kappa shape index (κ2) is 6.95. The second-order valence-corrected chi connectivity index (χ2v) is 4.57. The van der Waals surface area contributed by atoms with Crippen molar-refractivity contribution >= 4 is 22.9 Å². The van der Waals surface area contributed by atoms with Crippen molar-refractivity contribution in [2.24, 2.45) is 0 Å². The number of fused-ring (bicyclic) bond motifs is 1. The van der Waals surface area contributed by atoms with Crippen LogP contribution in [0.5, 0.6) is 0 Å². The average Bonchev–Trinajstić information content (AvgIpc) is 2.46. The van der Waals surface area contributed by atoms with Crippen LogP contribution in [0.2, 0.25) is 0 Å². The maximum Gasteiger partial charge on any atom is 0.226 e. The van der Waals surface area contributed by atoms with Crippen molar-refractivity contribution in [2.45, 2.75) is 32.6 Å². The Bertz CT molecular complexity index is 574. The van der Waals surface area contributed by atoms with Crippen molar-refractivity contribution in [3.63, 3.8) is 0 Å². The number of nitrogen functional groups attached to an aromatic ring is 1. The van der Waals surface area contributed by atoms with Crippen molar-refractivity contribution in [1.82, 2.24) is 19.9 Å². The maximum absolute atomic E-state index is 8.77. The first-order valence-electron chi connectivity index (χ1n) is 6.88. The number of nitrogens with two attached hydrogens (primary N) is 1. The standard InChI is InChI=1S/C13H20N6O/c1-2-3-4-5-9-8-16-12-10(17-9)11(14)18-13(19-12)15-6-7-20/h8,20H,2-7H2,1H3,(H3,14,15,16,18,19). The van der Waals surface area contributed by atoms with Crippen molar-refractivity contribution in [2.75, 3.05) is 24.2 Å². The lowest BCUT2D eigenvalue weighted by atomic mass is 10.2. The van der Waals surface area contributed by atoms with E-state index < -0.39 is 0 Å². The molecule has 0 radical (unpaired) electrons. The minimum absolute atomic E-state index is 0.00332. The molecule has 7 heteroatoms. The van der Waals surface area contributed by atoms with E-state index in [4.69, 9.17) is 10.8 Å². The van der Waals surface area contributed by atoms with E-state index in [-0.39, 0.29) is 6.61 Å². The molecule has 0 saturated carbocycles. The summed E-state index contributed by atoms with van der Waals surface area (Å²) < 4.78 is 0. The van der Waals surface area contributed by atoms with E-state index in [2.05, 4.69) is 32.2 Å². The summed E-state index contributed by atoms with van der Waals surface area (Å²) in [6, 6.07) is 0. The molecule has 20 heavy (non-hydrogen) atoms. The Hall–Kier alpha value is -2.02. The van der Waals surface area contributed by atoms with Crippen molar-refractivity contribution in [3.8, 4) is 0 Å². The molecule has 0 saturated heterocycles. The molecule has 0 bridgehead atoms. The van der Waals surface area contributed by atoms with Crippen LogP contribution in [0.1, 0.15) is 31.9 Å². The first-order chi connectivity index (χ1) is 9.74. The highest BCUT2D eigenvalue weighted by atomic mass is 16.3. The zero-order valence-electron chi connectivity index (χ0n) is 11.6. The molecular formula is C13H20N6O. The van der Waals surface area contributed by atoms with Crippen LogP contribution in [0.15, 0.2) is 6.20 Å². The number of anilines is 2. The molecule has 0 spiro atoms. The molecule has 0 aliphatic carbocycles. The Labute approximate surface area is 117 Å². The van der Waals surface area contributed by atoms with E-state index in [0.717, 1.165) is 18.5 Å². The normalized spacial score (nSPS) is 10.9. The van der Waals surface area contributed by atoms with Gasteiger partial charge in [-0.25, -0.2) is 9.97 Å². The second-order valence-electron chi connectivity index (χ2n) is 4.57. The highest BCUT2D eigenvalue weighted by Gasteiger charge is 2.08. The third-order valence-corrected chi connectivity index (χ3v) is 2.92. The summed E-state index contributed by atoms with van der Waals surface area (Å²) in [5.41, 5.74) is 7.82. The van der Waals surface area contributed by atoms with Gasteiger partial charge in [0.1, 0.15) is 0 Å². The highest BCUT2D eigenvalue weighted by molar-refractivity contribution is 5.81. The van der Waals surface area contributed by atoms with Gasteiger partial charge in [0.05, 0.1) is 18.5 Å². The minimum atomic E-state index is 0.00332. The van der Waals surface area contributed by atoms with Gasteiger partial charge < -0.3 is 16.2 Å². The number of aryl methyl sites for hydroxylation is 1. The summed E-state index contributed by atoms with van der Waals surface area (Å²) in [6.45, 7) is 2.54. The van der Waals surface area contributed by atoms with Crippen molar-refractivity contribution < 1.29 is 5.11 Å². The maximum atomic E-state index is 8.77. The van der Waals surface area contributed by atoms with Gasteiger partial charge in [0.15, 0.2) is 17.0 Å². The Kier molecular flexibility index (Phi) is 5.00. The Balaban J connectivity index is 2.22. The number of aliphatic hydroxyl groups is 1. The fourth-order valence-electron chi connectivity index (χ4n) is 1.89. The van der Waals surface area contributed by atoms with Crippen LogP contribution in [-0.4, -0.2) is 38.2 Å². The van der Waals surface area contributed by atoms with E-state index in [1.54, 1.807) is 6.20 Å². The van der Waals surface area contributed by atoms with Crippen molar-refractivity contribution in [1.29, 1.82) is 0 Å². The van der Waals surface area contributed by atoms with Crippen molar-refractivity contribution in [3.05, 3.63) is 11.9 Å². The van der Waals surface area contributed by atoms with Crippen LogP contribution >= 0.6 is 0 Å². The summed E-state index contributed by atoms with van der Waals surface area (Å²) in [5, 5.41) is 11.6.